The number of urea groups is 1. The van der Waals surface area contributed by atoms with E-state index in [1.165, 1.54) is 24.3 Å². The van der Waals surface area contributed by atoms with Crippen molar-refractivity contribution in [2.24, 2.45) is 0 Å². The molecule has 2 aromatic heterocycles. The molecule has 8 nitrogen and oxygen atoms in total. The fourth-order valence-corrected chi connectivity index (χ4v) is 3.29. The van der Waals surface area contributed by atoms with Crippen LogP contribution in [0.3, 0.4) is 0 Å². The van der Waals surface area contributed by atoms with E-state index >= 15 is 0 Å². The Bertz CT molecular complexity index is 1360. The molecule has 186 valence electrons. The van der Waals surface area contributed by atoms with Gasteiger partial charge in [0.05, 0.1) is 0 Å². The molecule has 0 unspecified atom stereocenters. The van der Waals surface area contributed by atoms with Gasteiger partial charge in [-0.1, -0.05) is 44.1 Å². The number of ether oxygens (including phenoxy) is 1. The summed E-state index contributed by atoms with van der Waals surface area (Å²) in [7, 11) is 0. The number of nitrogens with one attached hydrogen (secondary N) is 2. The summed E-state index contributed by atoms with van der Waals surface area (Å²) in [5.41, 5.74) is 1.84. The first-order valence-electron chi connectivity index (χ1n) is 10.8. The van der Waals surface area contributed by atoms with Gasteiger partial charge in [0.1, 0.15) is 11.4 Å². The number of benzene rings is 2. The Morgan fingerprint density at radius 2 is 1.67 bits per heavy atom. The largest absolute Gasteiger partial charge is 0.471 e. The average Bonchev–Trinajstić information content (AvgIpc) is 3.32. The van der Waals surface area contributed by atoms with E-state index in [2.05, 4.69) is 51.1 Å². The van der Waals surface area contributed by atoms with Crippen molar-refractivity contribution in [1.29, 1.82) is 0 Å². The summed E-state index contributed by atoms with van der Waals surface area (Å²) in [5.74, 6) is -0.806. The second kappa shape index (κ2) is 9.68. The first-order chi connectivity index (χ1) is 17.0. The van der Waals surface area contributed by atoms with E-state index in [4.69, 9.17) is 4.74 Å². The number of hydrogen-bond acceptors (Lipinski definition) is 6. The Morgan fingerprint density at radius 1 is 0.944 bits per heavy atom. The number of rotatable bonds is 5. The van der Waals surface area contributed by atoms with Gasteiger partial charge in [-0.3, -0.25) is 0 Å². The SMILES string of the molecule is CC(C)(C)c1ccccc1Oc1ncccc1NC(=O)Nc1ccc(-c2noc(C(F)(F)F)n2)cc1. The Hall–Kier alpha value is -4.41. The molecule has 2 amide bonds. The molecule has 0 bridgehead atoms. The van der Waals surface area contributed by atoms with Crippen LogP contribution in [0.1, 0.15) is 32.2 Å². The molecule has 11 heteroatoms. The summed E-state index contributed by atoms with van der Waals surface area (Å²) in [4.78, 5) is 20.2. The number of pyridine rings is 1. The van der Waals surface area contributed by atoms with E-state index in [1.54, 1.807) is 18.3 Å². The van der Waals surface area contributed by atoms with Crippen molar-refractivity contribution in [2.75, 3.05) is 10.6 Å². The molecule has 0 saturated heterocycles. The van der Waals surface area contributed by atoms with Crippen LogP contribution in [0.4, 0.5) is 29.3 Å². The molecule has 0 radical (unpaired) electrons. The topological polar surface area (TPSA) is 102 Å². The third-order valence-electron chi connectivity index (χ3n) is 4.99. The van der Waals surface area contributed by atoms with Crippen molar-refractivity contribution in [1.82, 2.24) is 15.1 Å². The summed E-state index contributed by atoms with van der Waals surface area (Å²) in [6.45, 7) is 6.21. The monoisotopic (exact) mass is 497 g/mol. The van der Waals surface area contributed by atoms with Crippen molar-refractivity contribution in [2.45, 2.75) is 32.4 Å². The first-order valence-corrected chi connectivity index (χ1v) is 10.8. The Labute approximate surface area is 204 Å². The molecule has 2 aromatic carbocycles. The Balaban J connectivity index is 1.45. The van der Waals surface area contributed by atoms with Gasteiger partial charge in [0.15, 0.2) is 0 Å². The van der Waals surface area contributed by atoms with Gasteiger partial charge < -0.3 is 19.9 Å². The van der Waals surface area contributed by atoms with Gasteiger partial charge in [-0.15, -0.1) is 0 Å². The maximum atomic E-state index is 12.7. The summed E-state index contributed by atoms with van der Waals surface area (Å²) < 4.78 is 48.3. The highest BCUT2D eigenvalue weighted by Gasteiger charge is 2.38. The highest BCUT2D eigenvalue weighted by Crippen LogP contribution is 2.35. The van der Waals surface area contributed by atoms with Crippen molar-refractivity contribution in [3.8, 4) is 23.0 Å². The van der Waals surface area contributed by atoms with E-state index < -0.39 is 18.1 Å². The lowest BCUT2D eigenvalue weighted by atomic mass is 9.86. The second-order valence-corrected chi connectivity index (χ2v) is 8.78. The fraction of sp³-hybridized carbons (Fsp3) is 0.200. The first kappa shape index (κ1) is 24.7. The van der Waals surface area contributed by atoms with Crippen molar-refractivity contribution < 1.29 is 27.2 Å². The fourth-order valence-electron chi connectivity index (χ4n) is 3.29. The van der Waals surface area contributed by atoms with Gasteiger partial charge in [-0.2, -0.15) is 18.2 Å². The number of para-hydroxylation sites is 1. The summed E-state index contributed by atoms with van der Waals surface area (Å²) in [6, 6.07) is 16.3. The van der Waals surface area contributed by atoms with Gasteiger partial charge in [0, 0.05) is 23.0 Å². The molecule has 4 rings (SSSR count). The van der Waals surface area contributed by atoms with Crippen LogP contribution in [-0.2, 0) is 11.6 Å². The number of anilines is 2. The highest BCUT2D eigenvalue weighted by atomic mass is 19.4. The predicted octanol–water partition coefficient (Wildman–Crippen LogP) is 6.88. The van der Waals surface area contributed by atoms with Gasteiger partial charge in [-0.25, -0.2) is 9.78 Å². The minimum atomic E-state index is -4.73. The summed E-state index contributed by atoms with van der Waals surface area (Å²) >= 11 is 0. The van der Waals surface area contributed by atoms with Crippen molar-refractivity contribution in [3.63, 3.8) is 0 Å². The number of hydrogen-bond donors (Lipinski definition) is 2. The zero-order valence-corrected chi connectivity index (χ0v) is 19.6. The number of nitrogens with zero attached hydrogens (tertiary/aromatic N) is 3. The molecule has 0 spiro atoms. The third-order valence-corrected chi connectivity index (χ3v) is 4.99. The van der Waals surface area contributed by atoms with Crippen LogP contribution in [0.15, 0.2) is 71.4 Å². The molecule has 0 aliphatic carbocycles. The molecule has 2 N–H and O–H groups in total. The van der Waals surface area contributed by atoms with Gasteiger partial charge in [0.2, 0.25) is 11.7 Å². The molecule has 2 heterocycles. The molecule has 4 aromatic rings. The molecule has 0 fully saturated rings. The lowest BCUT2D eigenvalue weighted by Crippen LogP contribution is -2.20. The van der Waals surface area contributed by atoms with E-state index in [0.717, 1.165) is 5.56 Å². The third kappa shape index (κ3) is 5.80. The minimum absolute atomic E-state index is 0.168. The molecule has 0 atom stereocenters. The van der Waals surface area contributed by atoms with Crippen LogP contribution >= 0.6 is 0 Å². The lowest BCUT2D eigenvalue weighted by Gasteiger charge is -2.22. The maximum Gasteiger partial charge on any atom is 0.471 e. The zero-order chi connectivity index (χ0) is 25.9. The molecular weight excluding hydrogens is 475 g/mol. The maximum absolute atomic E-state index is 12.7. The van der Waals surface area contributed by atoms with Gasteiger partial charge in [0.25, 0.3) is 0 Å². The van der Waals surface area contributed by atoms with Crippen LogP contribution in [0.2, 0.25) is 0 Å². The van der Waals surface area contributed by atoms with Crippen molar-refractivity contribution in [3.05, 3.63) is 78.3 Å². The minimum Gasteiger partial charge on any atom is -0.437 e. The summed E-state index contributed by atoms with van der Waals surface area (Å²) in [6.07, 6.45) is -3.17. The molecule has 36 heavy (non-hydrogen) atoms. The highest BCUT2D eigenvalue weighted by molar-refractivity contribution is 6.00. The standard InChI is InChI=1S/C25H22F3N5O3/c1-24(2,3)17-7-4-5-9-19(17)35-21-18(8-6-14-29-21)31-23(34)30-16-12-10-15(11-13-16)20-32-22(36-33-20)25(26,27)28/h4-14H,1-3H3,(H2,30,31,34). The number of amides is 2. The van der Waals surface area contributed by atoms with E-state index in [1.807, 2.05) is 24.3 Å². The number of alkyl halides is 3. The van der Waals surface area contributed by atoms with Crippen LogP contribution < -0.4 is 15.4 Å². The van der Waals surface area contributed by atoms with Crippen LogP contribution in [-0.4, -0.2) is 21.2 Å². The average molecular weight is 497 g/mol. The van der Waals surface area contributed by atoms with E-state index in [9.17, 15) is 18.0 Å². The number of aromatic nitrogens is 3. The lowest BCUT2D eigenvalue weighted by molar-refractivity contribution is -0.159. The second-order valence-electron chi connectivity index (χ2n) is 8.78. The Kier molecular flexibility index (Phi) is 6.65. The number of halogens is 3. The quantitative estimate of drug-likeness (QED) is 0.311. The predicted molar refractivity (Wildman–Crippen MR) is 127 cm³/mol. The smallest absolute Gasteiger partial charge is 0.437 e. The molecule has 0 saturated carbocycles. The summed E-state index contributed by atoms with van der Waals surface area (Å²) in [5, 5.41) is 8.69. The van der Waals surface area contributed by atoms with Gasteiger partial charge in [-0.05, 0) is 47.9 Å². The normalized spacial score (nSPS) is 11.7. The van der Waals surface area contributed by atoms with Crippen molar-refractivity contribution >= 4 is 17.4 Å². The zero-order valence-electron chi connectivity index (χ0n) is 19.6. The van der Waals surface area contributed by atoms with Gasteiger partial charge >= 0.3 is 18.1 Å². The van der Waals surface area contributed by atoms with E-state index in [0.29, 0.717) is 22.7 Å². The van der Waals surface area contributed by atoms with Crippen LogP contribution in [0, 0.1) is 0 Å². The number of carbonyl (C=O) groups is 1. The molecular formula is C25H22F3N5O3. The molecule has 0 aliphatic heterocycles. The molecule has 0 aliphatic rings. The van der Waals surface area contributed by atoms with E-state index in [-0.39, 0.29) is 17.1 Å². The number of carbonyl (C=O) groups excluding carboxylic acids is 1. The Morgan fingerprint density at radius 3 is 2.33 bits per heavy atom. The van der Waals surface area contributed by atoms with Crippen LogP contribution in [0.5, 0.6) is 11.6 Å². The van der Waals surface area contributed by atoms with Crippen LogP contribution in [0.25, 0.3) is 11.4 Å².